The van der Waals surface area contributed by atoms with Crippen LogP contribution in [-0.2, 0) is 6.54 Å². The molecular weight excluding hydrogens is 318 g/mol. The first-order valence-corrected chi connectivity index (χ1v) is 8.07. The predicted molar refractivity (Wildman–Crippen MR) is 93.2 cm³/mol. The number of carbonyl (C=O) groups excluding carboxylic acids is 1. The molecule has 0 unspecified atom stereocenters. The van der Waals surface area contributed by atoms with Crippen molar-refractivity contribution in [3.63, 3.8) is 0 Å². The summed E-state index contributed by atoms with van der Waals surface area (Å²) < 4.78 is 7.43. The summed E-state index contributed by atoms with van der Waals surface area (Å²) in [6.45, 7) is 3.44. The number of aromatic nitrogens is 4. The molecule has 0 bridgehead atoms. The van der Waals surface area contributed by atoms with Gasteiger partial charge in [-0.2, -0.15) is 0 Å². The molecule has 0 saturated heterocycles. The van der Waals surface area contributed by atoms with E-state index in [1.54, 1.807) is 36.9 Å². The van der Waals surface area contributed by atoms with Crippen LogP contribution >= 0.6 is 0 Å². The monoisotopic (exact) mass is 337 g/mol. The van der Waals surface area contributed by atoms with Crippen LogP contribution in [0, 0.1) is 0 Å². The molecule has 0 atom stereocenters. The Bertz CT molecular complexity index is 832. The third kappa shape index (κ3) is 4.00. The second-order valence-corrected chi connectivity index (χ2v) is 5.22. The van der Waals surface area contributed by atoms with Gasteiger partial charge in [0.2, 0.25) is 0 Å². The topological polar surface area (TPSA) is 81.9 Å². The highest BCUT2D eigenvalue weighted by atomic mass is 16.5. The smallest absolute Gasteiger partial charge is 0.255 e. The first-order valence-electron chi connectivity index (χ1n) is 8.07. The Kier molecular flexibility index (Phi) is 5.36. The van der Waals surface area contributed by atoms with E-state index in [9.17, 15) is 4.79 Å². The van der Waals surface area contributed by atoms with Crippen LogP contribution in [0.4, 0.5) is 0 Å². The van der Waals surface area contributed by atoms with Crippen LogP contribution in [0.25, 0.3) is 11.5 Å². The van der Waals surface area contributed by atoms with Crippen molar-refractivity contribution in [3.8, 4) is 17.3 Å². The Morgan fingerprint density at radius 1 is 1.20 bits per heavy atom. The summed E-state index contributed by atoms with van der Waals surface area (Å²) >= 11 is 0. The highest BCUT2D eigenvalue weighted by Gasteiger charge is 2.12. The van der Waals surface area contributed by atoms with Crippen molar-refractivity contribution >= 4 is 5.91 Å². The van der Waals surface area contributed by atoms with Crippen molar-refractivity contribution in [3.05, 3.63) is 60.8 Å². The van der Waals surface area contributed by atoms with Gasteiger partial charge < -0.3 is 14.6 Å². The zero-order valence-corrected chi connectivity index (χ0v) is 13.9. The summed E-state index contributed by atoms with van der Waals surface area (Å²) in [5, 5.41) is 2.91. The van der Waals surface area contributed by atoms with E-state index >= 15 is 0 Å². The van der Waals surface area contributed by atoms with Crippen LogP contribution in [-0.4, -0.2) is 38.6 Å². The maximum Gasteiger partial charge on any atom is 0.255 e. The largest absolute Gasteiger partial charge is 0.493 e. The Morgan fingerprint density at radius 2 is 2.08 bits per heavy atom. The average molecular weight is 337 g/mol. The number of benzene rings is 1. The van der Waals surface area contributed by atoms with Gasteiger partial charge in [0.25, 0.3) is 5.91 Å². The number of hydrogen-bond donors (Lipinski definition) is 1. The summed E-state index contributed by atoms with van der Waals surface area (Å²) in [5.41, 5.74) is 1.23. The van der Waals surface area contributed by atoms with Crippen LogP contribution in [0.3, 0.4) is 0 Å². The van der Waals surface area contributed by atoms with E-state index in [1.807, 2.05) is 29.8 Å². The van der Waals surface area contributed by atoms with E-state index in [-0.39, 0.29) is 5.91 Å². The lowest BCUT2D eigenvalue weighted by Gasteiger charge is -2.11. The molecule has 7 nitrogen and oxygen atoms in total. The maximum absolute atomic E-state index is 12.4. The van der Waals surface area contributed by atoms with Gasteiger partial charge in [0, 0.05) is 37.9 Å². The second-order valence-electron chi connectivity index (χ2n) is 5.22. The average Bonchev–Trinajstić information content (AvgIpc) is 3.11. The molecule has 0 aliphatic heterocycles. The fourth-order valence-electron chi connectivity index (χ4n) is 2.46. The number of imidazole rings is 1. The Morgan fingerprint density at radius 3 is 2.88 bits per heavy atom. The summed E-state index contributed by atoms with van der Waals surface area (Å²) in [6, 6.07) is 7.21. The van der Waals surface area contributed by atoms with Gasteiger partial charge in [-0.1, -0.05) is 12.1 Å². The van der Waals surface area contributed by atoms with Crippen molar-refractivity contribution in [2.45, 2.75) is 13.5 Å². The van der Waals surface area contributed by atoms with Crippen LogP contribution in [0.1, 0.15) is 17.3 Å². The molecular formula is C18H19N5O2. The molecule has 0 aliphatic rings. The van der Waals surface area contributed by atoms with Crippen LogP contribution in [0.15, 0.2) is 55.2 Å². The Labute approximate surface area is 145 Å². The normalized spacial score (nSPS) is 10.4. The van der Waals surface area contributed by atoms with Crippen molar-refractivity contribution in [2.75, 3.05) is 13.2 Å². The zero-order valence-electron chi connectivity index (χ0n) is 13.9. The molecule has 1 N–H and O–H groups in total. The molecule has 2 heterocycles. The van der Waals surface area contributed by atoms with Gasteiger partial charge in [0.05, 0.1) is 18.4 Å². The van der Waals surface area contributed by atoms with Crippen molar-refractivity contribution in [2.24, 2.45) is 0 Å². The molecule has 3 aromatic rings. The first kappa shape index (κ1) is 16.6. The minimum atomic E-state index is -0.162. The van der Waals surface area contributed by atoms with Gasteiger partial charge >= 0.3 is 0 Å². The SMILES string of the molecule is CCOc1ccccc1C(=O)NCCn1ccnc1-c1cnccn1. The van der Waals surface area contributed by atoms with Gasteiger partial charge in [-0.25, -0.2) is 9.97 Å². The second kappa shape index (κ2) is 8.05. The number of nitrogens with one attached hydrogen (secondary N) is 1. The lowest BCUT2D eigenvalue weighted by Crippen LogP contribution is -2.27. The minimum Gasteiger partial charge on any atom is -0.493 e. The van der Waals surface area contributed by atoms with E-state index in [4.69, 9.17) is 4.74 Å². The number of para-hydroxylation sites is 1. The molecule has 0 fully saturated rings. The molecule has 0 aliphatic carbocycles. The number of carbonyl (C=O) groups is 1. The summed E-state index contributed by atoms with van der Waals surface area (Å²) in [6.07, 6.45) is 8.46. The van der Waals surface area contributed by atoms with E-state index in [1.165, 1.54) is 0 Å². The molecule has 1 amide bonds. The van der Waals surface area contributed by atoms with Crippen LogP contribution < -0.4 is 10.1 Å². The van der Waals surface area contributed by atoms with Crippen LogP contribution in [0.5, 0.6) is 5.75 Å². The molecule has 0 radical (unpaired) electrons. The fourth-order valence-corrected chi connectivity index (χ4v) is 2.46. The summed E-state index contributed by atoms with van der Waals surface area (Å²) in [4.78, 5) is 25.0. The molecule has 2 aromatic heterocycles. The predicted octanol–water partition coefficient (Wildman–Crippen LogP) is 2.17. The lowest BCUT2D eigenvalue weighted by molar-refractivity contribution is 0.0948. The number of rotatable bonds is 7. The van der Waals surface area contributed by atoms with Crippen LogP contribution in [0.2, 0.25) is 0 Å². The van der Waals surface area contributed by atoms with E-state index < -0.39 is 0 Å². The third-order valence-corrected chi connectivity index (χ3v) is 3.58. The lowest BCUT2D eigenvalue weighted by atomic mass is 10.2. The van der Waals surface area contributed by atoms with Gasteiger partial charge in [-0.3, -0.25) is 9.78 Å². The highest BCUT2D eigenvalue weighted by Crippen LogP contribution is 2.17. The summed E-state index contributed by atoms with van der Waals surface area (Å²) in [5.74, 6) is 1.15. The molecule has 0 spiro atoms. The number of ether oxygens (including phenoxy) is 1. The van der Waals surface area contributed by atoms with E-state index in [0.29, 0.717) is 36.7 Å². The van der Waals surface area contributed by atoms with Gasteiger partial charge in [-0.15, -0.1) is 0 Å². The number of nitrogens with zero attached hydrogens (tertiary/aromatic N) is 4. The quantitative estimate of drug-likeness (QED) is 0.714. The van der Waals surface area contributed by atoms with Crippen molar-refractivity contribution in [1.29, 1.82) is 0 Å². The Hall–Kier alpha value is -3.22. The zero-order chi connectivity index (χ0) is 17.5. The maximum atomic E-state index is 12.4. The third-order valence-electron chi connectivity index (χ3n) is 3.58. The minimum absolute atomic E-state index is 0.162. The molecule has 3 rings (SSSR count). The summed E-state index contributed by atoms with van der Waals surface area (Å²) in [7, 11) is 0. The molecule has 25 heavy (non-hydrogen) atoms. The molecule has 1 aromatic carbocycles. The molecule has 128 valence electrons. The van der Waals surface area contributed by atoms with Crippen molar-refractivity contribution in [1.82, 2.24) is 24.8 Å². The highest BCUT2D eigenvalue weighted by molar-refractivity contribution is 5.96. The fraction of sp³-hybridized carbons (Fsp3) is 0.222. The van der Waals surface area contributed by atoms with Gasteiger partial charge in [0.1, 0.15) is 11.4 Å². The number of amides is 1. The van der Waals surface area contributed by atoms with Gasteiger partial charge in [-0.05, 0) is 19.1 Å². The standard InChI is InChI=1S/C18H19N5O2/c1-2-25-16-6-4-3-5-14(16)18(24)22-10-12-23-11-9-21-17(23)15-13-19-7-8-20-15/h3-9,11,13H,2,10,12H2,1H3,(H,22,24). The first-order chi connectivity index (χ1) is 12.3. The Balaban J connectivity index is 1.63. The molecule has 7 heteroatoms. The number of hydrogen-bond acceptors (Lipinski definition) is 5. The van der Waals surface area contributed by atoms with E-state index in [2.05, 4.69) is 20.3 Å². The van der Waals surface area contributed by atoms with Crippen molar-refractivity contribution < 1.29 is 9.53 Å². The van der Waals surface area contributed by atoms with Gasteiger partial charge in [0.15, 0.2) is 5.82 Å². The molecule has 0 saturated carbocycles. The van der Waals surface area contributed by atoms with E-state index in [0.717, 1.165) is 5.82 Å².